The molecule has 0 bridgehead atoms. The van der Waals surface area contributed by atoms with E-state index < -0.39 is 0 Å². The number of rotatable bonds is 3. The van der Waals surface area contributed by atoms with Gasteiger partial charge in [0, 0.05) is 7.05 Å². The average molecular weight is 322 g/mol. The van der Waals surface area contributed by atoms with Gasteiger partial charge in [-0.05, 0) is 50.1 Å². The van der Waals surface area contributed by atoms with Crippen LogP contribution >= 0.6 is 0 Å². The molecule has 1 aromatic heterocycles. The van der Waals surface area contributed by atoms with E-state index in [1.54, 1.807) is 7.11 Å². The molecule has 3 rings (SSSR count). The number of aryl methyl sites for hydroxylation is 3. The third-order valence-electron chi connectivity index (χ3n) is 4.02. The number of aliphatic imine (C=N–C) groups is 1. The number of ether oxygens (including phenoxy) is 1. The van der Waals surface area contributed by atoms with Crippen LogP contribution in [0.3, 0.4) is 0 Å². The fourth-order valence-electron chi connectivity index (χ4n) is 2.74. The van der Waals surface area contributed by atoms with Gasteiger partial charge in [0.25, 0.3) is 0 Å². The summed E-state index contributed by atoms with van der Waals surface area (Å²) in [7, 11) is 3.65. The van der Waals surface area contributed by atoms with Crippen LogP contribution in [-0.2, 0) is 7.05 Å². The molecule has 0 radical (unpaired) electrons. The summed E-state index contributed by atoms with van der Waals surface area (Å²) in [5.41, 5.74) is 6.04. The minimum Gasteiger partial charge on any atom is -0.495 e. The van der Waals surface area contributed by atoms with Gasteiger partial charge < -0.3 is 14.6 Å². The molecule has 24 heavy (non-hydrogen) atoms. The van der Waals surface area contributed by atoms with E-state index in [1.807, 2.05) is 50.0 Å². The van der Waals surface area contributed by atoms with Crippen molar-refractivity contribution in [2.45, 2.75) is 20.8 Å². The molecule has 0 atom stereocenters. The Balaban J connectivity index is 2.00. The summed E-state index contributed by atoms with van der Waals surface area (Å²) >= 11 is 0. The van der Waals surface area contributed by atoms with Gasteiger partial charge in [0.05, 0.1) is 30.3 Å². The molecule has 0 aliphatic carbocycles. The molecule has 0 aliphatic rings. The van der Waals surface area contributed by atoms with Gasteiger partial charge in [0.2, 0.25) is 0 Å². The largest absolute Gasteiger partial charge is 0.495 e. The maximum atomic E-state index is 5.42. The smallest absolute Gasteiger partial charge is 0.142 e. The summed E-state index contributed by atoms with van der Waals surface area (Å²) in [6.45, 7) is 6.05. The Morgan fingerprint density at radius 2 is 2.00 bits per heavy atom. The number of aromatic nitrogens is 2. The molecule has 0 fully saturated rings. The second kappa shape index (κ2) is 6.35. The van der Waals surface area contributed by atoms with Crippen molar-refractivity contribution in [3.63, 3.8) is 0 Å². The molecule has 2 aromatic carbocycles. The van der Waals surface area contributed by atoms with Gasteiger partial charge in [0.1, 0.15) is 17.1 Å². The lowest BCUT2D eigenvalue weighted by Crippen LogP contribution is -2.08. The van der Waals surface area contributed by atoms with Gasteiger partial charge in [-0.25, -0.2) is 9.98 Å². The minimum atomic E-state index is 0.792. The highest BCUT2D eigenvalue weighted by Crippen LogP contribution is 2.30. The van der Waals surface area contributed by atoms with Gasteiger partial charge in [-0.2, -0.15) is 0 Å². The molecular formula is C19H22N4O. The number of nitrogens with one attached hydrogen (secondary N) is 1. The quantitative estimate of drug-likeness (QED) is 0.576. The third kappa shape index (κ3) is 2.97. The molecule has 0 saturated heterocycles. The van der Waals surface area contributed by atoms with Gasteiger partial charge >= 0.3 is 0 Å². The maximum absolute atomic E-state index is 5.42. The summed E-state index contributed by atoms with van der Waals surface area (Å²) < 4.78 is 7.42. The number of nitrogens with zero attached hydrogens (tertiary/aromatic N) is 3. The first kappa shape index (κ1) is 16.1. The second-order valence-electron chi connectivity index (χ2n) is 5.98. The number of anilines is 1. The summed E-state index contributed by atoms with van der Waals surface area (Å²) in [5.74, 6) is 1.59. The van der Waals surface area contributed by atoms with Gasteiger partial charge in [-0.1, -0.05) is 12.1 Å². The zero-order valence-corrected chi connectivity index (χ0v) is 14.7. The fourth-order valence-corrected chi connectivity index (χ4v) is 2.74. The Kier molecular flexibility index (Phi) is 4.25. The molecule has 0 saturated carbocycles. The Bertz CT molecular complexity index is 925. The highest BCUT2D eigenvalue weighted by Gasteiger charge is 2.09. The number of amidine groups is 1. The van der Waals surface area contributed by atoms with Gasteiger partial charge in [-0.3, -0.25) is 0 Å². The number of fused-ring (bicyclic) bond motifs is 1. The number of imidazole rings is 1. The normalized spacial score (nSPS) is 11.8. The number of hydrogen-bond acceptors (Lipinski definition) is 3. The fraction of sp³-hybridized carbons (Fsp3) is 0.263. The highest BCUT2D eigenvalue weighted by molar-refractivity contribution is 5.99. The lowest BCUT2D eigenvalue weighted by molar-refractivity contribution is 0.417. The van der Waals surface area contributed by atoms with Crippen LogP contribution in [0, 0.1) is 13.8 Å². The molecule has 5 nitrogen and oxygen atoms in total. The predicted molar refractivity (Wildman–Crippen MR) is 99.6 cm³/mol. The van der Waals surface area contributed by atoms with Crippen LogP contribution in [0.2, 0.25) is 0 Å². The lowest BCUT2D eigenvalue weighted by Gasteiger charge is -2.12. The van der Waals surface area contributed by atoms with Crippen LogP contribution < -0.4 is 10.1 Å². The molecule has 0 spiro atoms. The summed E-state index contributed by atoms with van der Waals surface area (Å²) in [5, 5.41) is 3.34. The average Bonchev–Trinajstić information content (AvgIpc) is 2.92. The van der Waals surface area contributed by atoms with Crippen LogP contribution in [0.15, 0.2) is 41.7 Å². The SMILES string of the molecule is COc1ccc(C)cc1NC(C)=Nc1c(C)ccc2c1ncn2C. The molecule has 124 valence electrons. The van der Waals surface area contributed by atoms with E-state index in [0.29, 0.717) is 0 Å². The Morgan fingerprint density at radius 3 is 2.75 bits per heavy atom. The van der Waals surface area contributed by atoms with Crippen LogP contribution in [-0.4, -0.2) is 22.5 Å². The second-order valence-corrected chi connectivity index (χ2v) is 5.98. The zero-order valence-electron chi connectivity index (χ0n) is 14.7. The highest BCUT2D eigenvalue weighted by atomic mass is 16.5. The van der Waals surface area contributed by atoms with E-state index in [1.165, 1.54) is 0 Å². The Morgan fingerprint density at radius 1 is 1.21 bits per heavy atom. The summed E-state index contributed by atoms with van der Waals surface area (Å²) in [4.78, 5) is 9.26. The topological polar surface area (TPSA) is 51.4 Å². The molecule has 1 heterocycles. The summed E-state index contributed by atoms with van der Waals surface area (Å²) in [6.07, 6.45) is 1.81. The van der Waals surface area contributed by atoms with Crippen molar-refractivity contribution in [1.82, 2.24) is 9.55 Å². The van der Waals surface area contributed by atoms with E-state index in [0.717, 1.165) is 45.1 Å². The minimum absolute atomic E-state index is 0.792. The molecule has 0 unspecified atom stereocenters. The van der Waals surface area contributed by atoms with Crippen LogP contribution in [0.5, 0.6) is 5.75 Å². The molecular weight excluding hydrogens is 300 g/mol. The van der Waals surface area contributed by atoms with E-state index in [-0.39, 0.29) is 0 Å². The Labute approximate surface area is 142 Å². The van der Waals surface area contributed by atoms with Crippen LogP contribution in [0.25, 0.3) is 11.0 Å². The molecule has 5 heteroatoms. The monoisotopic (exact) mass is 322 g/mol. The first-order valence-corrected chi connectivity index (χ1v) is 7.87. The molecule has 3 aromatic rings. The molecule has 0 aliphatic heterocycles. The zero-order chi connectivity index (χ0) is 17.3. The number of methoxy groups -OCH3 is 1. The van der Waals surface area contributed by atoms with E-state index in [9.17, 15) is 0 Å². The predicted octanol–water partition coefficient (Wildman–Crippen LogP) is 4.36. The van der Waals surface area contributed by atoms with E-state index in [2.05, 4.69) is 29.4 Å². The molecule has 1 N–H and O–H groups in total. The van der Waals surface area contributed by atoms with Crippen molar-refractivity contribution in [2.24, 2.45) is 12.0 Å². The van der Waals surface area contributed by atoms with Gasteiger partial charge in [0.15, 0.2) is 0 Å². The van der Waals surface area contributed by atoms with Crippen molar-refractivity contribution < 1.29 is 4.74 Å². The lowest BCUT2D eigenvalue weighted by atomic mass is 10.1. The number of hydrogen-bond donors (Lipinski definition) is 1. The van der Waals surface area contributed by atoms with E-state index in [4.69, 9.17) is 9.73 Å². The molecule has 0 amide bonds. The first-order chi connectivity index (χ1) is 11.5. The van der Waals surface area contributed by atoms with Crippen LogP contribution in [0.1, 0.15) is 18.1 Å². The van der Waals surface area contributed by atoms with Crippen molar-refractivity contribution in [3.05, 3.63) is 47.8 Å². The van der Waals surface area contributed by atoms with Crippen molar-refractivity contribution in [3.8, 4) is 5.75 Å². The van der Waals surface area contributed by atoms with Crippen molar-refractivity contribution in [1.29, 1.82) is 0 Å². The van der Waals surface area contributed by atoms with Gasteiger partial charge in [-0.15, -0.1) is 0 Å². The Hall–Kier alpha value is -2.82. The summed E-state index contributed by atoms with van der Waals surface area (Å²) in [6, 6.07) is 10.2. The third-order valence-corrected chi connectivity index (χ3v) is 4.02. The van der Waals surface area contributed by atoms with E-state index >= 15 is 0 Å². The number of benzene rings is 2. The standard InChI is InChI=1S/C19H22N4O/c1-12-6-9-17(24-5)15(10-12)21-14(3)22-18-13(2)7-8-16-19(18)20-11-23(16)4/h6-11H,1-5H3,(H,21,22). The van der Waals surface area contributed by atoms with Crippen molar-refractivity contribution >= 4 is 28.2 Å². The van der Waals surface area contributed by atoms with Crippen LogP contribution in [0.4, 0.5) is 11.4 Å². The first-order valence-electron chi connectivity index (χ1n) is 7.87. The maximum Gasteiger partial charge on any atom is 0.142 e. The van der Waals surface area contributed by atoms with Crippen molar-refractivity contribution in [2.75, 3.05) is 12.4 Å².